The first-order valence-electron chi connectivity index (χ1n) is 4.83. The molecule has 0 bridgehead atoms. The Kier molecular flexibility index (Phi) is 3.82. The summed E-state index contributed by atoms with van der Waals surface area (Å²) in [6.45, 7) is 0. The molecule has 17 heavy (non-hydrogen) atoms. The molecule has 0 N–H and O–H groups in total. The Morgan fingerprint density at radius 1 is 1.18 bits per heavy atom. The van der Waals surface area contributed by atoms with E-state index >= 15 is 0 Å². The van der Waals surface area contributed by atoms with Crippen LogP contribution in [0, 0.1) is 5.82 Å². The molecule has 2 nitrogen and oxygen atoms in total. The maximum absolute atomic E-state index is 13.2. The van der Waals surface area contributed by atoms with Crippen molar-refractivity contribution < 1.29 is 9.13 Å². The summed E-state index contributed by atoms with van der Waals surface area (Å²) in [5.74, 6) is 0.707. The number of ether oxygens (including phenoxy) is 1. The normalized spacial score (nSPS) is 10.3. The maximum Gasteiger partial charge on any atom is 0.145 e. The highest BCUT2D eigenvalue weighted by molar-refractivity contribution is 6.30. The molecule has 1 aromatic carbocycles. The fourth-order valence-electron chi connectivity index (χ4n) is 1.27. The monoisotopic (exact) mass is 271 g/mol. The highest BCUT2D eigenvalue weighted by atomic mass is 35.5. The Bertz CT molecular complexity index is 534. The fraction of sp³-hybridized carbons (Fsp3) is 0.0833. The Hall–Kier alpha value is -1.32. The first-order valence-corrected chi connectivity index (χ1v) is 5.74. The van der Waals surface area contributed by atoms with Gasteiger partial charge in [-0.1, -0.05) is 11.6 Å². The van der Waals surface area contributed by atoms with Gasteiger partial charge in [-0.15, -0.1) is 11.6 Å². The van der Waals surface area contributed by atoms with Gasteiger partial charge in [-0.25, -0.2) is 4.39 Å². The number of alkyl halides is 1. The quantitative estimate of drug-likeness (QED) is 0.772. The molecule has 0 spiro atoms. The van der Waals surface area contributed by atoms with Crippen LogP contribution in [0.2, 0.25) is 5.02 Å². The van der Waals surface area contributed by atoms with E-state index in [9.17, 15) is 4.39 Å². The topological polar surface area (TPSA) is 22.1 Å². The molecular weight excluding hydrogens is 264 g/mol. The van der Waals surface area contributed by atoms with E-state index in [1.165, 1.54) is 12.1 Å². The minimum atomic E-state index is -0.518. The molecule has 0 aliphatic rings. The van der Waals surface area contributed by atoms with Crippen LogP contribution in [-0.4, -0.2) is 4.98 Å². The number of aromatic nitrogens is 1. The highest BCUT2D eigenvalue weighted by Crippen LogP contribution is 2.25. The molecular formula is C12H8Cl2FNO. The van der Waals surface area contributed by atoms with E-state index < -0.39 is 5.82 Å². The van der Waals surface area contributed by atoms with E-state index in [0.717, 1.165) is 0 Å². The van der Waals surface area contributed by atoms with Crippen molar-refractivity contribution in [3.8, 4) is 11.5 Å². The summed E-state index contributed by atoms with van der Waals surface area (Å²) < 4.78 is 18.6. The van der Waals surface area contributed by atoms with Crippen molar-refractivity contribution in [1.29, 1.82) is 0 Å². The van der Waals surface area contributed by atoms with Crippen LogP contribution < -0.4 is 4.74 Å². The van der Waals surface area contributed by atoms with E-state index in [1.807, 2.05) is 0 Å². The van der Waals surface area contributed by atoms with Gasteiger partial charge in [0, 0.05) is 18.3 Å². The van der Waals surface area contributed by atoms with Gasteiger partial charge in [0.1, 0.15) is 17.3 Å². The molecule has 1 aromatic heterocycles. The van der Waals surface area contributed by atoms with Gasteiger partial charge >= 0.3 is 0 Å². The van der Waals surface area contributed by atoms with Gasteiger partial charge in [0.2, 0.25) is 0 Å². The van der Waals surface area contributed by atoms with Gasteiger partial charge in [0.05, 0.1) is 16.6 Å². The van der Waals surface area contributed by atoms with Gasteiger partial charge in [-0.05, 0) is 18.2 Å². The van der Waals surface area contributed by atoms with Crippen molar-refractivity contribution >= 4 is 23.2 Å². The lowest BCUT2D eigenvalue weighted by atomic mass is 10.3. The summed E-state index contributed by atoms with van der Waals surface area (Å²) in [5.41, 5.74) is 0.693. The third-order valence-electron chi connectivity index (χ3n) is 2.05. The molecule has 88 valence electrons. The zero-order valence-corrected chi connectivity index (χ0v) is 10.2. The molecule has 0 aliphatic heterocycles. The fourth-order valence-corrected chi connectivity index (χ4v) is 1.53. The van der Waals surface area contributed by atoms with Gasteiger partial charge in [-0.3, -0.25) is 4.98 Å². The number of rotatable bonds is 3. The summed E-state index contributed by atoms with van der Waals surface area (Å²) in [5, 5.41) is 0.0634. The number of nitrogens with zero attached hydrogens (tertiary/aromatic N) is 1. The van der Waals surface area contributed by atoms with Crippen molar-refractivity contribution in [2.45, 2.75) is 5.88 Å². The van der Waals surface area contributed by atoms with Crippen molar-refractivity contribution in [3.63, 3.8) is 0 Å². The second kappa shape index (κ2) is 5.34. The Morgan fingerprint density at radius 3 is 2.65 bits per heavy atom. The smallest absolute Gasteiger partial charge is 0.145 e. The number of benzene rings is 1. The van der Waals surface area contributed by atoms with Crippen molar-refractivity contribution in [2.24, 2.45) is 0 Å². The lowest BCUT2D eigenvalue weighted by Gasteiger charge is -2.06. The summed E-state index contributed by atoms with van der Waals surface area (Å²) in [6, 6.07) is 7.62. The summed E-state index contributed by atoms with van der Waals surface area (Å²) in [6.07, 6.45) is 1.58. The molecule has 0 aliphatic carbocycles. The highest BCUT2D eigenvalue weighted by Gasteiger charge is 2.03. The third-order valence-corrected chi connectivity index (χ3v) is 2.63. The minimum absolute atomic E-state index is 0.0634. The van der Waals surface area contributed by atoms with Gasteiger partial charge in [0.15, 0.2) is 0 Å². The van der Waals surface area contributed by atoms with Crippen LogP contribution in [0.25, 0.3) is 0 Å². The molecule has 0 saturated heterocycles. The molecule has 5 heteroatoms. The first-order chi connectivity index (χ1) is 8.19. The minimum Gasteiger partial charge on any atom is -0.457 e. The maximum atomic E-state index is 13.2. The largest absolute Gasteiger partial charge is 0.457 e. The summed E-state index contributed by atoms with van der Waals surface area (Å²) >= 11 is 11.2. The molecule has 0 atom stereocenters. The van der Waals surface area contributed by atoms with E-state index in [0.29, 0.717) is 23.1 Å². The predicted molar refractivity (Wildman–Crippen MR) is 65.3 cm³/mol. The van der Waals surface area contributed by atoms with Crippen molar-refractivity contribution in [2.75, 3.05) is 0 Å². The third kappa shape index (κ3) is 3.08. The van der Waals surface area contributed by atoms with E-state index in [4.69, 9.17) is 27.9 Å². The summed E-state index contributed by atoms with van der Waals surface area (Å²) in [7, 11) is 0. The zero-order valence-electron chi connectivity index (χ0n) is 8.66. The molecule has 0 radical (unpaired) electrons. The summed E-state index contributed by atoms with van der Waals surface area (Å²) in [4.78, 5) is 4.02. The van der Waals surface area contributed by atoms with Crippen LogP contribution in [0.5, 0.6) is 11.5 Å². The van der Waals surface area contributed by atoms with Gasteiger partial charge in [-0.2, -0.15) is 0 Å². The number of hydrogen-bond acceptors (Lipinski definition) is 2. The lowest BCUT2D eigenvalue weighted by molar-refractivity contribution is 0.475. The molecule has 1 heterocycles. The molecule has 0 unspecified atom stereocenters. The molecule has 0 saturated carbocycles. The average Bonchev–Trinajstić information content (AvgIpc) is 2.34. The Labute approximate surface area is 108 Å². The number of halogens is 3. The molecule has 2 aromatic rings. The van der Waals surface area contributed by atoms with Crippen molar-refractivity contribution in [3.05, 3.63) is 53.1 Å². The van der Waals surface area contributed by atoms with Crippen LogP contribution in [0.15, 0.2) is 36.5 Å². The van der Waals surface area contributed by atoms with E-state index in [1.54, 1.807) is 24.4 Å². The lowest BCUT2D eigenvalue weighted by Crippen LogP contribution is -1.89. The second-order valence-corrected chi connectivity index (χ2v) is 3.97. The number of hydrogen-bond donors (Lipinski definition) is 0. The van der Waals surface area contributed by atoms with Crippen LogP contribution in [0.3, 0.4) is 0 Å². The van der Waals surface area contributed by atoms with Gasteiger partial charge in [0.25, 0.3) is 0 Å². The predicted octanol–water partition coefficient (Wildman–Crippen LogP) is 4.41. The van der Waals surface area contributed by atoms with Crippen LogP contribution in [0.1, 0.15) is 5.69 Å². The standard InChI is InChI=1S/C12H8Cl2FNO/c13-7-8-5-10(3-4-16-8)17-9-1-2-11(14)12(15)6-9/h1-6H,7H2. The molecule has 0 amide bonds. The average molecular weight is 272 g/mol. The van der Waals surface area contributed by atoms with Crippen LogP contribution in [0.4, 0.5) is 4.39 Å². The molecule has 0 fully saturated rings. The Balaban J connectivity index is 2.22. The van der Waals surface area contributed by atoms with E-state index in [2.05, 4.69) is 4.98 Å². The second-order valence-electron chi connectivity index (χ2n) is 3.29. The first kappa shape index (κ1) is 12.1. The zero-order chi connectivity index (χ0) is 12.3. The van der Waals surface area contributed by atoms with Crippen LogP contribution in [-0.2, 0) is 5.88 Å². The van der Waals surface area contributed by atoms with Crippen molar-refractivity contribution in [1.82, 2.24) is 4.98 Å². The van der Waals surface area contributed by atoms with Crippen LogP contribution >= 0.6 is 23.2 Å². The SMILES string of the molecule is Fc1cc(Oc2ccnc(CCl)c2)ccc1Cl. The molecule has 2 rings (SSSR count). The number of pyridine rings is 1. The Morgan fingerprint density at radius 2 is 1.94 bits per heavy atom. The van der Waals surface area contributed by atoms with E-state index in [-0.39, 0.29) is 5.02 Å². The van der Waals surface area contributed by atoms with Gasteiger partial charge < -0.3 is 4.74 Å².